The maximum Gasteiger partial charge on any atom is -0.00722 e. The second-order valence-electron chi connectivity index (χ2n) is 6.29. The molecule has 0 spiro atoms. The van der Waals surface area contributed by atoms with Crippen molar-refractivity contribution in [2.45, 2.75) is 40.0 Å². The summed E-state index contributed by atoms with van der Waals surface area (Å²) in [6.07, 6.45) is 3.42. The SMILES string of the molecule is Cc1ccc(CCC(C)(C)CCN)c2ccccc12. The number of nitrogens with two attached hydrogens (primary N) is 1. The van der Waals surface area contributed by atoms with Gasteiger partial charge in [0, 0.05) is 0 Å². The van der Waals surface area contributed by atoms with E-state index < -0.39 is 0 Å². The van der Waals surface area contributed by atoms with Gasteiger partial charge in [0.2, 0.25) is 0 Å². The molecule has 2 rings (SSSR count). The predicted octanol–water partition coefficient (Wildman–Crippen LogP) is 4.46. The fourth-order valence-corrected chi connectivity index (χ4v) is 2.72. The third-order valence-electron chi connectivity index (χ3n) is 4.12. The van der Waals surface area contributed by atoms with Crippen LogP contribution in [0.2, 0.25) is 0 Å². The van der Waals surface area contributed by atoms with E-state index in [0.29, 0.717) is 5.41 Å². The van der Waals surface area contributed by atoms with Crippen LogP contribution in [0.5, 0.6) is 0 Å². The minimum Gasteiger partial charge on any atom is -0.330 e. The minimum atomic E-state index is 0.334. The van der Waals surface area contributed by atoms with Crippen molar-refractivity contribution >= 4 is 10.8 Å². The normalized spacial score (nSPS) is 12.0. The molecule has 102 valence electrons. The highest BCUT2D eigenvalue weighted by molar-refractivity contribution is 5.88. The highest BCUT2D eigenvalue weighted by atomic mass is 14.5. The summed E-state index contributed by atoms with van der Waals surface area (Å²) in [7, 11) is 0. The first-order valence-electron chi connectivity index (χ1n) is 7.21. The quantitative estimate of drug-likeness (QED) is 0.839. The van der Waals surface area contributed by atoms with Gasteiger partial charge >= 0.3 is 0 Å². The monoisotopic (exact) mass is 255 g/mol. The van der Waals surface area contributed by atoms with Gasteiger partial charge in [-0.05, 0) is 60.0 Å². The molecule has 0 aliphatic heterocycles. The maximum absolute atomic E-state index is 5.69. The highest BCUT2D eigenvalue weighted by Gasteiger charge is 2.17. The van der Waals surface area contributed by atoms with Crippen molar-refractivity contribution in [2.75, 3.05) is 6.54 Å². The molecule has 0 aliphatic rings. The molecule has 0 radical (unpaired) electrons. The van der Waals surface area contributed by atoms with E-state index >= 15 is 0 Å². The molecule has 2 N–H and O–H groups in total. The fraction of sp³-hybridized carbons (Fsp3) is 0.444. The number of rotatable bonds is 5. The van der Waals surface area contributed by atoms with E-state index in [-0.39, 0.29) is 0 Å². The van der Waals surface area contributed by atoms with Gasteiger partial charge in [-0.1, -0.05) is 50.2 Å². The average Bonchev–Trinajstić information content (AvgIpc) is 2.38. The molecule has 0 saturated carbocycles. The fourth-order valence-electron chi connectivity index (χ4n) is 2.72. The Kier molecular flexibility index (Phi) is 4.26. The molecule has 0 aliphatic carbocycles. The second kappa shape index (κ2) is 5.75. The zero-order chi connectivity index (χ0) is 13.9. The van der Waals surface area contributed by atoms with E-state index in [4.69, 9.17) is 5.73 Å². The molecular formula is C18H25N. The third kappa shape index (κ3) is 3.36. The van der Waals surface area contributed by atoms with Gasteiger partial charge in [-0.25, -0.2) is 0 Å². The number of aryl methyl sites for hydroxylation is 2. The molecule has 0 atom stereocenters. The molecule has 0 bridgehead atoms. The van der Waals surface area contributed by atoms with E-state index in [2.05, 4.69) is 57.2 Å². The van der Waals surface area contributed by atoms with Crippen LogP contribution in [0.3, 0.4) is 0 Å². The molecule has 0 heterocycles. The van der Waals surface area contributed by atoms with Gasteiger partial charge in [0.15, 0.2) is 0 Å². The maximum atomic E-state index is 5.69. The van der Waals surface area contributed by atoms with Crippen LogP contribution >= 0.6 is 0 Å². The van der Waals surface area contributed by atoms with E-state index in [9.17, 15) is 0 Å². The van der Waals surface area contributed by atoms with Crippen LogP contribution in [0.25, 0.3) is 10.8 Å². The van der Waals surface area contributed by atoms with Crippen molar-refractivity contribution in [1.82, 2.24) is 0 Å². The standard InChI is InChI=1S/C18H25N/c1-14-8-9-15(10-11-18(2,3)12-13-19)17-7-5-4-6-16(14)17/h4-9H,10-13,19H2,1-3H3. The number of hydrogen-bond donors (Lipinski definition) is 1. The summed E-state index contributed by atoms with van der Waals surface area (Å²) in [5, 5.41) is 2.79. The Morgan fingerprint density at radius 1 is 0.947 bits per heavy atom. The first kappa shape index (κ1) is 14.1. The molecule has 0 aromatic heterocycles. The topological polar surface area (TPSA) is 26.0 Å². The lowest BCUT2D eigenvalue weighted by Gasteiger charge is -2.24. The van der Waals surface area contributed by atoms with E-state index in [1.54, 1.807) is 0 Å². The Morgan fingerprint density at radius 2 is 1.63 bits per heavy atom. The molecule has 19 heavy (non-hydrogen) atoms. The van der Waals surface area contributed by atoms with Crippen LogP contribution < -0.4 is 5.73 Å². The molecule has 0 unspecified atom stereocenters. The summed E-state index contributed by atoms with van der Waals surface area (Å²) in [4.78, 5) is 0. The molecule has 0 fully saturated rings. The first-order valence-corrected chi connectivity index (χ1v) is 7.21. The third-order valence-corrected chi connectivity index (χ3v) is 4.12. The van der Waals surface area contributed by atoms with Gasteiger partial charge in [-0.2, -0.15) is 0 Å². The second-order valence-corrected chi connectivity index (χ2v) is 6.29. The number of benzene rings is 2. The summed E-state index contributed by atoms with van der Waals surface area (Å²) >= 11 is 0. The van der Waals surface area contributed by atoms with E-state index in [0.717, 1.165) is 19.4 Å². The number of hydrogen-bond acceptors (Lipinski definition) is 1. The average molecular weight is 255 g/mol. The van der Waals surface area contributed by atoms with Gasteiger partial charge in [0.1, 0.15) is 0 Å². The van der Waals surface area contributed by atoms with Crippen molar-refractivity contribution in [2.24, 2.45) is 11.1 Å². The number of fused-ring (bicyclic) bond motifs is 1. The molecule has 0 amide bonds. The van der Waals surface area contributed by atoms with Crippen LogP contribution in [0.15, 0.2) is 36.4 Å². The van der Waals surface area contributed by atoms with Gasteiger partial charge in [-0.3, -0.25) is 0 Å². The largest absolute Gasteiger partial charge is 0.330 e. The molecular weight excluding hydrogens is 230 g/mol. The van der Waals surface area contributed by atoms with Crippen molar-refractivity contribution < 1.29 is 0 Å². The lowest BCUT2D eigenvalue weighted by atomic mass is 9.82. The smallest absolute Gasteiger partial charge is 0.00722 e. The van der Waals surface area contributed by atoms with Crippen LogP contribution in [0.1, 0.15) is 37.8 Å². The Bertz CT molecular complexity index is 555. The van der Waals surface area contributed by atoms with Crippen molar-refractivity contribution in [3.8, 4) is 0 Å². The molecule has 2 aromatic carbocycles. The van der Waals surface area contributed by atoms with Gasteiger partial charge < -0.3 is 5.73 Å². The molecule has 2 aromatic rings. The Morgan fingerprint density at radius 3 is 2.32 bits per heavy atom. The summed E-state index contributed by atoms with van der Waals surface area (Å²) in [5.41, 5.74) is 8.85. The van der Waals surface area contributed by atoms with Crippen molar-refractivity contribution in [3.63, 3.8) is 0 Å². The van der Waals surface area contributed by atoms with Crippen LogP contribution in [-0.2, 0) is 6.42 Å². The zero-order valence-corrected chi connectivity index (χ0v) is 12.4. The molecule has 0 saturated heterocycles. The van der Waals surface area contributed by atoms with Crippen molar-refractivity contribution in [1.29, 1.82) is 0 Å². The minimum absolute atomic E-state index is 0.334. The Labute approximate surface area is 116 Å². The highest BCUT2D eigenvalue weighted by Crippen LogP contribution is 2.29. The predicted molar refractivity (Wildman–Crippen MR) is 84.5 cm³/mol. The first-order chi connectivity index (χ1) is 9.03. The van der Waals surface area contributed by atoms with Crippen LogP contribution in [0, 0.1) is 12.3 Å². The van der Waals surface area contributed by atoms with Gasteiger partial charge in [0.05, 0.1) is 0 Å². The van der Waals surface area contributed by atoms with E-state index in [1.807, 2.05) is 0 Å². The van der Waals surface area contributed by atoms with Crippen LogP contribution in [0.4, 0.5) is 0 Å². The summed E-state index contributed by atoms with van der Waals surface area (Å²) in [6, 6.07) is 13.3. The van der Waals surface area contributed by atoms with Crippen LogP contribution in [-0.4, -0.2) is 6.54 Å². The molecule has 1 heteroatoms. The lowest BCUT2D eigenvalue weighted by Crippen LogP contribution is -2.17. The summed E-state index contributed by atoms with van der Waals surface area (Å²) in [5.74, 6) is 0. The van der Waals surface area contributed by atoms with E-state index in [1.165, 1.54) is 28.3 Å². The Balaban J connectivity index is 2.24. The molecule has 1 nitrogen and oxygen atoms in total. The van der Waals surface area contributed by atoms with Gasteiger partial charge in [0.25, 0.3) is 0 Å². The summed E-state index contributed by atoms with van der Waals surface area (Å²) < 4.78 is 0. The van der Waals surface area contributed by atoms with Gasteiger partial charge in [-0.15, -0.1) is 0 Å². The zero-order valence-electron chi connectivity index (χ0n) is 12.4. The summed E-state index contributed by atoms with van der Waals surface area (Å²) in [6.45, 7) is 7.60. The van der Waals surface area contributed by atoms with Crippen molar-refractivity contribution in [3.05, 3.63) is 47.5 Å². The lowest BCUT2D eigenvalue weighted by molar-refractivity contribution is 0.314. The Hall–Kier alpha value is -1.34.